The highest BCUT2D eigenvalue weighted by Gasteiger charge is 2.40. The Morgan fingerprint density at radius 2 is 1.71 bits per heavy atom. The van der Waals surface area contributed by atoms with Gasteiger partial charge in [-0.15, -0.1) is 6.58 Å². The molecule has 0 saturated heterocycles. The molecule has 0 aromatic rings. The van der Waals surface area contributed by atoms with E-state index < -0.39 is 0 Å². The molecule has 17 heavy (non-hydrogen) atoms. The Kier molecular flexibility index (Phi) is 4.81. The van der Waals surface area contributed by atoms with Crippen molar-refractivity contribution in [1.29, 1.82) is 0 Å². The molecule has 2 aliphatic carbocycles. The average molecular weight is 234 g/mol. The third-order valence-corrected chi connectivity index (χ3v) is 4.20. The van der Waals surface area contributed by atoms with Crippen LogP contribution in [0.5, 0.6) is 0 Å². The second-order valence-corrected chi connectivity index (χ2v) is 5.34. The average Bonchev–Trinajstić information content (AvgIpc) is 2.76. The van der Waals surface area contributed by atoms with E-state index in [2.05, 4.69) is 23.2 Å². The monoisotopic (exact) mass is 234 g/mol. The second-order valence-electron chi connectivity index (χ2n) is 5.34. The largest absolute Gasteiger partial charge is 0.163 e. The molecule has 0 atom stereocenters. The SMILES string of the molecule is C=CCN(C1CCC1)[N+](CC=C)C1CCCC1. The molecule has 0 aromatic heterocycles. The van der Waals surface area contributed by atoms with Crippen LogP contribution < -0.4 is 5.01 Å². The van der Waals surface area contributed by atoms with Crippen molar-refractivity contribution in [1.82, 2.24) is 10.0 Å². The molecule has 0 spiro atoms. The van der Waals surface area contributed by atoms with Gasteiger partial charge in [0.05, 0.1) is 12.6 Å². The molecule has 2 nitrogen and oxygen atoms in total. The van der Waals surface area contributed by atoms with Crippen LogP contribution >= 0.6 is 0 Å². The maximum Gasteiger partial charge on any atom is 0.163 e. The van der Waals surface area contributed by atoms with Crippen LogP contribution in [0.3, 0.4) is 0 Å². The van der Waals surface area contributed by atoms with Gasteiger partial charge in [0.15, 0.2) is 12.6 Å². The Balaban J connectivity index is 2.03. The normalized spacial score (nSPS) is 22.0. The zero-order valence-electron chi connectivity index (χ0n) is 11.0. The van der Waals surface area contributed by atoms with Crippen LogP contribution in [0.1, 0.15) is 44.9 Å². The van der Waals surface area contributed by atoms with E-state index in [1.54, 1.807) is 0 Å². The fraction of sp³-hybridized carbons (Fsp3) is 0.733. The van der Waals surface area contributed by atoms with E-state index in [0.717, 1.165) is 25.2 Å². The molecule has 0 amide bonds. The highest BCUT2D eigenvalue weighted by atomic mass is 15.6. The maximum absolute atomic E-state index is 3.92. The summed E-state index contributed by atoms with van der Waals surface area (Å²) in [6, 6.07) is 1.50. The Morgan fingerprint density at radius 3 is 2.18 bits per heavy atom. The second kappa shape index (κ2) is 6.36. The first-order valence-electron chi connectivity index (χ1n) is 7.11. The molecule has 95 valence electrons. The van der Waals surface area contributed by atoms with E-state index in [1.807, 2.05) is 12.2 Å². The van der Waals surface area contributed by atoms with Crippen molar-refractivity contribution < 1.29 is 0 Å². The summed E-state index contributed by atoms with van der Waals surface area (Å²) < 4.78 is 0. The predicted molar refractivity (Wildman–Crippen MR) is 74.0 cm³/mol. The molecule has 0 aliphatic heterocycles. The maximum atomic E-state index is 3.92. The van der Waals surface area contributed by atoms with Gasteiger partial charge in [0.2, 0.25) is 0 Å². The summed E-state index contributed by atoms with van der Waals surface area (Å²) in [7, 11) is 0. The minimum absolute atomic E-state index is 0.744. The van der Waals surface area contributed by atoms with Crippen molar-refractivity contribution in [3.63, 3.8) is 0 Å². The van der Waals surface area contributed by atoms with Crippen LogP contribution in [0.25, 0.3) is 0 Å². The minimum atomic E-state index is 0.744. The van der Waals surface area contributed by atoms with Gasteiger partial charge in [-0.05, 0) is 38.2 Å². The summed E-state index contributed by atoms with van der Waals surface area (Å²) in [6.45, 7) is 9.83. The molecule has 2 fully saturated rings. The lowest BCUT2D eigenvalue weighted by molar-refractivity contribution is -0.0175. The number of nitrogens with zero attached hydrogens (tertiary/aromatic N) is 2. The quantitative estimate of drug-likeness (QED) is 0.373. The van der Waals surface area contributed by atoms with Gasteiger partial charge in [-0.2, -0.15) is 0 Å². The van der Waals surface area contributed by atoms with E-state index in [4.69, 9.17) is 0 Å². The molecule has 0 aromatic carbocycles. The van der Waals surface area contributed by atoms with Gasteiger partial charge < -0.3 is 0 Å². The molecular formula is C15H26N2+. The molecule has 2 heteroatoms. The topological polar surface area (TPSA) is 9.14 Å². The van der Waals surface area contributed by atoms with Gasteiger partial charge in [0.25, 0.3) is 0 Å². The lowest BCUT2D eigenvalue weighted by Gasteiger charge is -2.37. The Bertz CT molecular complexity index is 252. The van der Waals surface area contributed by atoms with Gasteiger partial charge in [0, 0.05) is 12.8 Å². The van der Waals surface area contributed by atoms with Crippen LogP contribution in [-0.4, -0.2) is 30.2 Å². The first-order valence-corrected chi connectivity index (χ1v) is 7.11. The Hall–Kier alpha value is -0.600. The van der Waals surface area contributed by atoms with Crippen LogP contribution in [0, 0.1) is 0 Å². The molecule has 2 rings (SSSR count). The lowest BCUT2D eigenvalue weighted by atomic mass is 9.92. The molecule has 0 N–H and O–H groups in total. The summed E-state index contributed by atoms with van der Waals surface area (Å²) in [6.07, 6.45) is 13.7. The van der Waals surface area contributed by atoms with Gasteiger partial charge in [0.1, 0.15) is 0 Å². The van der Waals surface area contributed by atoms with Gasteiger partial charge in [-0.25, -0.2) is 0 Å². The van der Waals surface area contributed by atoms with Crippen LogP contribution in [-0.2, 0) is 0 Å². The van der Waals surface area contributed by atoms with Gasteiger partial charge >= 0.3 is 0 Å². The number of hydrazine groups is 1. The van der Waals surface area contributed by atoms with E-state index in [1.165, 1.54) is 44.9 Å². The van der Waals surface area contributed by atoms with Crippen molar-refractivity contribution in [3.8, 4) is 0 Å². The third kappa shape index (κ3) is 2.99. The molecule has 0 bridgehead atoms. The van der Waals surface area contributed by atoms with Crippen molar-refractivity contribution >= 4 is 0 Å². The summed E-state index contributed by atoms with van der Waals surface area (Å²) in [5.41, 5.74) is 0. The molecule has 2 aliphatic rings. The number of rotatable bonds is 7. The summed E-state index contributed by atoms with van der Waals surface area (Å²) in [5, 5.41) is 5.14. The van der Waals surface area contributed by atoms with E-state index in [9.17, 15) is 0 Å². The summed E-state index contributed by atoms with van der Waals surface area (Å²) in [5.74, 6) is 0. The van der Waals surface area contributed by atoms with E-state index >= 15 is 0 Å². The fourth-order valence-corrected chi connectivity index (χ4v) is 3.08. The van der Waals surface area contributed by atoms with E-state index in [0.29, 0.717) is 0 Å². The molecule has 1 radical (unpaired) electrons. The van der Waals surface area contributed by atoms with Crippen LogP contribution in [0.4, 0.5) is 0 Å². The van der Waals surface area contributed by atoms with Crippen LogP contribution in [0.2, 0.25) is 0 Å². The Morgan fingerprint density at radius 1 is 1.00 bits per heavy atom. The van der Waals surface area contributed by atoms with Gasteiger partial charge in [-0.3, -0.25) is 0 Å². The summed E-state index contributed by atoms with van der Waals surface area (Å²) in [4.78, 5) is 0. The third-order valence-electron chi connectivity index (χ3n) is 4.20. The standard InChI is InChI=1S/C15H26N2/c1-3-12-16(14-8-5-6-9-14)17(13-4-2)15-10-7-11-15/h3-4,14-15H,1-2,5-13H2/q+1. The van der Waals surface area contributed by atoms with E-state index in [-0.39, 0.29) is 0 Å². The van der Waals surface area contributed by atoms with Crippen molar-refractivity contribution in [3.05, 3.63) is 25.3 Å². The molecule has 2 saturated carbocycles. The zero-order valence-corrected chi connectivity index (χ0v) is 11.0. The van der Waals surface area contributed by atoms with Crippen molar-refractivity contribution in [2.24, 2.45) is 0 Å². The summed E-state index contributed by atoms with van der Waals surface area (Å²) >= 11 is 0. The predicted octanol–water partition coefficient (Wildman–Crippen LogP) is 3.21. The number of hydrogen-bond acceptors (Lipinski definition) is 2. The number of hydrogen-bond donors (Lipinski definition) is 0. The zero-order chi connectivity index (χ0) is 12.1. The van der Waals surface area contributed by atoms with Crippen LogP contribution in [0.15, 0.2) is 25.3 Å². The first kappa shape index (κ1) is 12.8. The molecule has 0 heterocycles. The lowest BCUT2D eigenvalue weighted by Crippen LogP contribution is -2.58. The van der Waals surface area contributed by atoms with Crippen molar-refractivity contribution in [2.75, 3.05) is 13.1 Å². The minimum Gasteiger partial charge on any atom is -0.102 e. The smallest absolute Gasteiger partial charge is 0.102 e. The highest BCUT2D eigenvalue weighted by Crippen LogP contribution is 2.29. The fourth-order valence-electron chi connectivity index (χ4n) is 3.08. The van der Waals surface area contributed by atoms with Gasteiger partial charge in [-0.1, -0.05) is 22.7 Å². The van der Waals surface area contributed by atoms with Crippen molar-refractivity contribution in [2.45, 2.75) is 57.0 Å². The Labute approximate surface area is 106 Å². The molecular weight excluding hydrogens is 208 g/mol. The molecule has 0 unspecified atom stereocenters. The first-order chi connectivity index (χ1) is 8.36. The highest BCUT2D eigenvalue weighted by molar-refractivity contribution is 4.92.